The fraction of sp³-hybridized carbons (Fsp3) is 0.857. The van der Waals surface area contributed by atoms with Crippen molar-refractivity contribution in [3.05, 3.63) is 0 Å². The number of rotatable bonds is 7. The van der Waals surface area contributed by atoms with Crippen LogP contribution in [0.5, 0.6) is 0 Å². The van der Waals surface area contributed by atoms with Crippen molar-refractivity contribution in [2.24, 2.45) is 5.92 Å². The molecule has 0 aliphatic heterocycles. The first-order valence-electron chi connectivity index (χ1n) is 7.10. The molecule has 0 spiro atoms. The summed E-state index contributed by atoms with van der Waals surface area (Å²) >= 11 is 0. The number of carboxylic acids is 1. The van der Waals surface area contributed by atoms with Crippen LogP contribution in [0.2, 0.25) is 0 Å². The molecular formula is C14H25NO4. The van der Waals surface area contributed by atoms with Crippen LogP contribution in [0.1, 0.15) is 45.4 Å². The van der Waals surface area contributed by atoms with Crippen LogP contribution in [0.25, 0.3) is 0 Å². The van der Waals surface area contributed by atoms with Gasteiger partial charge in [-0.25, -0.2) is 4.79 Å². The minimum atomic E-state index is -0.943. The summed E-state index contributed by atoms with van der Waals surface area (Å²) in [5.74, 6) is -0.926. The lowest BCUT2D eigenvalue weighted by Crippen LogP contribution is -2.47. The van der Waals surface area contributed by atoms with Crippen molar-refractivity contribution in [1.82, 2.24) is 4.90 Å². The van der Waals surface area contributed by atoms with Crippen molar-refractivity contribution in [2.75, 3.05) is 20.3 Å². The van der Waals surface area contributed by atoms with Gasteiger partial charge in [0, 0.05) is 26.2 Å². The highest BCUT2D eigenvalue weighted by Gasteiger charge is 2.31. The quantitative estimate of drug-likeness (QED) is 0.718. The second kappa shape index (κ2) is 8.15. The standard InChI is InChI=1S/C14H25NO4/c1-11(14(17)18)15(9-6-10-19-2)13(16)12-7-4-3-5-8-12/h11-12H,3-10H2,1-2H3,(H,17,18). The molecule has 1 aliphatic carbocycles. The van der Waals surface area contributed by atoms with Gasteiger partial charge in [-0.1, -0.05) is 19.3 Å². The van der Waals surface area contributed by atoms with Gasteiger partial charge in [-0.2, -0.15) is 0 Å². The average Bonchev–Trinajstić information content (AvgIpc) is 2.43. The van der Waals surface area contributed by atoms with E-state index in [2.05, 4.69) is 0 Å². The number of carbonyl (C=O) groups is 2. The Kier molecular flexibility index (Phi) is 6.84. The molecule has 5 nitrogen and oxygen atoms in total. The van der Waals surface area contributed by atoms with Crippen molar-refractivity contribution in [3.63, 3.8) is 0 Å². The van der Waals surface area contributed by atoms with Crippen molar-refractivity contribution >= 4 is 11.9 Å². The van der Waals surface area contributed by atoms with Crippen LogP contribution in [0.15, 0.2) is 0 Å². The van der Waals surface area contributed by atoms with Gasteiger partial charge in [0.1, 0.15) is 6.04 Å². The Hall–Kier alpha value is -1.10. The SMILES string of the molecule is COCCCN(C(=O)C1CCCCC1)C(C)C(=O)O. The van der Waals surface area contributed by atoms with Crippen LogP contribution in [0.3, 0.4) is 0 Å². The molecule has 1 fully saturated rings. The third-order valence-electron chi connectivity index (χ3n) is 3.81. The minimum Gasteiger partial charge on any atom is -0.480 e. The molecule has 1 amide bonds. The molecule has 5 heteroatoms. The van der Waals surface area contributed by atoms with Gasteiger partial charge in [0.25, 0.3) is 0 Å². The number of carboxylic acid groups (broad SMARTS) is 1. The number of hydrogen-bond acceptors (Lipinski definition) is 3. The number of aliphatic carboxylic acids is 1. The molecule has 0 saturated heterocycles. The number of amides is 1. The van der Waals surface area contributed by atoms with E-state index in [9.17, 15) is 9.59 Å². The van der Waals surface area contributed by atoms with Gasteiger partial charge < -0.3 is 14.7 Å². The molecule has 1 unspecified atom stereocenters. The molecule has 110 valence electrons. The summed E-state index contributed by atoms with van der Waals surface area (Å²) in [7, 11) is 1.61. The molecule has 1 saturated carbocycles. The molecule has 19 heavy (non-hydrogen) atoms. The van der Waals surface area contributed by atoms with E-state index in [1.807, 2.05) is 0 Å². The predicted octanol–water partition coefficient (Wildman–Crippen LogP) is 1.90. The maximum atomic E-state index is 12.5. The van der Waals surface area contributed by atoms with Crippen molar-refractivity contribution < 1.29 is 19.4 Å². The lowest BCUT2D eigenvalue weighted by atomic mass is 9.88. The van der Waals surface area contributed by atoms with E-state index in [-0.39, 0.29) is 11.8 Å². The van der Waals surface area contributed by atoms with Crippen molar-refractivity contribution in [2.45, 2.75) is 51.5 Å². The third kappa shape index (κ3) is 4.82. The zero-order valence-electron chi connectivity index (χ0n) is 11.9. The fourth-order valence-electron chi connectivity index (χ4n) is 2.59. The summed E-state index contributed by atoms with van der Waals surface area (Å²) in [5, 5.41) is 9.13. The van der Waals surface area contributed by atoms with Gasteiger partial charge in [-0.15, -0.1) is 0 Å². The molecule has 1 rings (SSSR count). The lowest BCUT2D eigenvalue weighted by Gasteiger charge is -2.32. The molecule has 1 N–H and O–H groups in total. The Morgan fingerprint density at radius 3 is 2.47 bits per heavy atom. The van der Waals surface area contributed by atoms with E-state index in [1.165, 1.54) is 11.3 Å². The van der Waals surface area contributed by atoms with E-state index in [0.717, 1.165) is 25.7 Å². The fourth-order valence-corrected chi connectivity index (χ4v) is 2.59. The number of methoxy groups -OCH3 is 1. The predicted molar refractivity (Wildman–Crippen MR) is 71.9 cm³/mol. The van der Waals surface area contributed by atoms with Crippen LogP contribution in [0, 0.1) is 5.92 Å². The Labute approximate surface area is 114 Å². The normalized spacial score (nSPS) is 18.0. The Bertz CT molecular complexity index is 300. The second-order valence-corrected chi connectivity index (χ2v) is 5.23. The van der Waals surface area contributed by atoms with E-state index >= 15 is 0 Å². The third-order valence-corrected chi connectivity index (χ3v) is 3.81. The smallest absolute Gasteiger partial charge is 0.326 e. The molecule has 0 heterocycles. The first-order chi connectivity index (χ1) is 9.07. The average molecular weight is 271 g/mol. The highest BCUT2D eigenvalue weighted by Crippen LogP contribution is 2.26. The van der Waals surface area contributed by atoms with Crippen LogP contribution >= 0.6 is 0 Å². The first-order valence-corrected chi connectivity index (χ1v) is 7.10. The number of carbonyl (C=O) groups excluding carboxylic acids is 1. The zero-order chi connectivity index (χ0) is 14.3. The zero-order valence-corrected chi connectivity index (χ0v) is 11.9. The van der Waals surface area contributed by atoms with Crippen molar-refractivity contribution in [3.8, 4) is 0 Å². The van der Waals surface area contributed by atoms with Crippen LogP contribution in [-0.4, -0.2) is 48.2 Å². The van der Waals surface area contributed by atoms with E-state index in [1.54, 1.807) is 14.0 Å². The van der Waals surface area contributed by atoms with Crippen LogP contribution in [-0.2, 0) is 14.3 Å². The summed E-state index contributed by atoms with van der Waals surface area (Å²) < 4.78 is 4.97. The maximum absolute atomic E-state index is 12.5. The van der Waals surface area contributed by atoms with Gasteiger partial charge in [-0.3, -0.25) is 4.79 Å². The Morgan fingerprint density at radius 1 is 1.32 bits per heavy atom. The first kappa shape index (κ1) is 16.0. The van der Waals surface area contributed by atoms with E-state index in [0.29, 0.717) is 19.6 Å². The molecule has 0 aromatic heterocycles. The highest BCUT2D eigenvalue weighted by atomic mass is 16.5. The molecule has 0 aromatic rings. The lowest BCUT2D eigenvalue weighted by molar-refractivity contribution is -0.152. The van der Waals surface area contributed by atoms with E-state index in [4.69, 9.17) is 9.84 Å². The number of hydrogen-bond donors (Lipinski definition) is 1. The second-order valence-electron chi connectivity index (χ2n) is 5.23. The Morgan fingerprint density at radius 2 is 1.95 bits per heavy atom. The topological polar surface area (TPSA) is 66.8 Å². The molecule has 0 bridgehead atoms. The van der Waals surface area contributed by atoms with Gasteiger partial charge in [0.2, 0.25) is 5.91 Å². The maximum Gasteiger partial charge on any atom is 0.326 e. The molecule has 0 aromatic carbocycles. The minimum absolute atomic E-state index is 0.00528. The summed E-state index contributed by atoms with van der Waals surface area (Å²) in [4.78, 5) is 25.1. The Balaban J connectivity index is 2.64. The van der Waals surface area contributed by atoms with E-state index < -0.39 is 12.0 Å². The summed E-state index contributed by atoms with van der Waals surface area (Å²) in [6, 6.07) is -0.758. The highest BCUT2D eigenvalue weighted by molar-refractivity contribution is 5.84. The largest absolute Gasteiger partial charge is 0.480 e. The van der Waals surface area contributed by atoms with Gasteiger partial charge in [-0.05, 0) is 26.2 Å². The van der Waals surface area contributed by atoms with Crippen molar-refractivity contribution in [1.29, 1.82) is 0 Å². The number of ether oxygens (including phenoxy) is 1. The molecule has 1 aliphatic rings. The number of nitrogens with zero attached hydrogens (tertiary/aromatic N) is 1. The molecule has 0 radical (unpaired) electrons. The monoisotopic (exact) mass is 271 g/mol. The van der Waals surface area contributed by atoms with Gasteiger partial charge in [0.05, 0.1) is 0 Å². The molecule has 1 atom stereocenters. The van der Waals surface area contributed by atoms with Gasteiger partial charge in [0.15, 0.2) is 0 Å². The summed E-state index contributed by atoms with van der Waals surface area (Å²) in [6.45, 7) is 2.58. The van der Waals surface area contributed by atoms with Gasteiger partial charge >= 0.3 is 5.97 Å². The summed E-state index contributed by atoms with van der Waals surface area (Å²) in [6.07, 6.45) is 5.79. The molecular weight excluding hydrogens is 246 g/mol. The summed E-state index contributed by atoms with van der Waals surface area (Å²) in [5.41, 5.74) is 0. The van der Waals surface area contributed by atoms with Crippen LogP contribution < -0.4 is 0 Å². The van der Waals surface area contributed by atoms with Crippen LogP contribution in [0.4, 0.5) is 0 Å².